The topological polar surface area (TPSA) is 239 Å². The second-order valence-electron chi connectivity index (χ2n) is 22.8. The molecule has 92 heavy (non-hydrogen) atoms. The van der Waals surface area contributed by atoms with Crippen molar-refractivity contribution < 1.29 is 52.7 Å². The van der Waals surface area contributed by atoms with Crippen molar-refractivity contribution in [3.05, 3.63) is 253 Å². The van der Waals surface area contributed by atoms with Crippen molar-refractivity contribution in [3.63, 3.8) is 0 Å². The fraction of sp³-hybridized carbons (Fsp3) is 0.229. The third kappa shape index (κ3) is 14.5. The molecule has 22 heteroatoms. The quantitative estimate of drug-likeness (QED) is 0.0357. The molecule has 0 radical (unpaired) electrons. The molecular weight excluding hydrogens is 1190 g/mol. The summed E-state index contributed by atoms with van der Waals surface area (Å²) in [6, 6.07) is 57.4. The van der Waals surface area contributed by atoms with Crippen LogP contribution in [-0.4, -0.2) is 154 Å². The summed E-state index contributed by atoms with van der Waals surface area (Å²) in [6.45, 7) is 9.54. The van der Waals surface area contributed by atoms with E-state index >= 15 is 0 Å². The van der Waals surface area contributed by atoms with Gasteiger partial charge in [0.05, 0.1) is 39.3 Å². The zero-order chi connectivity index (χ0) is 64.5. The number of aromatic hydroxyl groups is 1. The van der Waals surface area contributed by atoms with E-state index in [9.17, 15) is 48.2 Å². The Kier molecular flexibility index (Phi) is 19.5. The van der Waals surface area contributed by atoms with Crippen molar-refractivity contribution in [1.82, 2.24) is 50.3 Å². The van der Waals surface area contributed by atoms with Gasteiger partial charge in [0.25, 0.3) is 0 Å². The molecule has 8 aromatic carbocycles. The summed E-state index contributed by atoms with van der Waals surface area (Å²) in [5.74, 6) is -0.807. The fourth-order valence-electron chi connectivity index (χ4n) is 12.5. The lowest BCUT2D eigenvalue weighted by Gasteiger charge is -2.46. The van der Waals surface area contributed by atoms with Crippen LogP contribution >= 0.6 is 7.82 Å². The van der Waals surface area contributed by atoms with Gasteiger partial charge in [-0.3, -0.25) is 39.0 Å². The van der Waals surface area contributed by atoms with Crippen LogP contribution in [0.5, 0.6) is 11.5 Å². The highest BCUT2D eigenvalue weighted by atomic mass is 31.2. The van der Waals surface area contributed by atoms with Gasteiger partial charge in [0.1, 0.15) is 35.9 Å². The number of carbonyl (C=O) groups is 6. The predicted molar refractivity (Wildman–Crippen MR) is 347 cm³/mol. The third-order valence-electron chi connectivity index (χ3n) is 16.8. The molecule has 21 nitrogen and oxygen atoms in total. The first-order valence-corrected chi connectivity index (χ1v) is 31.8. The number of phenolic OH excluding ortho intramolecular Hbond substituents is 1. The van der Waals surface area contributed by atoms with Gasteiger partial charge in [-0.15, -0.1) is 13.2 Å². The Labute approximate surface area is 532 Å². The molecule has 0 bridgehead atoms. The van der Waals surface area contributed by atoms with Gasteiger partial charge in [-0.1, -0.05) is 182 Å². The monoisotopic (exact) mass is 1260 g/mol. The largest absolute Gasteiger partial charge is 0.524 e. The van der Waals surface area contributed by atoms with Gasteiger partial charge in [-0.2, -0.15) is 10.0 Å². The van der Waals surface area contributed by atoms with Crippen LogP contribution in [0.15, 0.2) is 219 Å². The van der Waals surface area contributed by atoms with E-state index in [-0.39, 0.29) is 93.3 Å². The summed E-state index contributed by atoms with van der Waals surface area (Å²) in [5.41, 5.74) is 5.32. The minimum Gasteiger partial charge on any atom is -0.508 e. The Balaban J connectivity index is 0.000000189. The van der Waals surface area contributed by atoms with Crippen LogP contribution < -0.4 is 15.2 Å². The SMILES string of the molecule is C=CCN(C(=O)NCc1ccccc1)N1CC(=O)N2[C@@H](Cc3ccc(O)cc3)C(=O)N(Cc3cccc4ccccc34)C[C@@H]21.C=CCN(C(=O)NCc1ccccc1)N1CC(=O)N2[C@@H](Cc3ccc(OP(=O)(O)O)cc3)C(=O)N(Cc3cccc4ccccc34)C[C@@H]21. The van der Waals surface area contributed by atoms with Crippen molar-refractivity contribution in [2.45, 2.75) is 63.4 Å². The molecule has 8 aromatic rings. The summed E-state index contributed by atoms with van der Waals surface area (Å²) >= 11 is 0. The number of carbonyl (C=O) groups excluding carboxylic acids is 6. The van der Waals surface area contributed by atoms with E-state index in [4.69, 9.17) is 0 Å². The van der Waals surface area contributed by atoms with Gasteiger partial charge in [0.2, 0.25) is 23.6 Å². The number of fused-ring (bicyclic) bond motifs is 4. The predicted octanol–water partition coefficient (Wildman–Crippen LogP) is 8.33. The van der Waals surface area contributed by atoms with Gasteiger partial charge in [-0.05, 0) is 79.2 Å². The zero-order valence-electron chi connectivity index (χ0n) is 50.5. The molecule has 4 saturated heterocycles. The molecule has 12 rings (SSSR count). The van der Waals surface area contributed by atoms with E-state index in [0.717, 1.165) is 49.4 Å². The summed E-state index contributed by atoms with van der Waals surface area (Å²) in [7, 11) is -4.75. The Morgan fingerprint density at radius 2 is 0.913 bits per heavy atom. The molecule has 4 aliphatic heterocycles. The van der Waals surface area contributed by atoms with Crippen LogP contribution in [0.4, 0.5) is 9.59 Å². The number of hydrogen-bond donors (Lipinski definition) is 5. The number of rotatable bonds is 20. The number of phosphoric ester groups is 1. The van der Waals surface area contributed by atoms with Crippen molar-refractivity contribution in [3.8, 4) is 11.5 Å². The van der Waals surface area contributed by atoms with E-state index < -0.39 is 38.3 Å². The maximum absolute atomic E-state index is 14.3. The standard InChI is InChI=1S/C35H36N5O7P.C35H35N5O4/c1-2-19-38(35(43)36-21-26-9-4-3-5-10-26)39-24-33(41)40-31(20-25-15-17-29(18-16-25)47-48(44,45)46)34(42)37(23-32(39)40)22-28-13-8-12-27-11-6-7-14-30(27)28;1-2-19-38(35(44)36-21-26-9-4-3-5-10-26)39-24-33(42)40-31(20-25-15-17-29(41)18-16-25)34(43)37(23-32(39)40)22-28-13-8-12-27-11-6-7-14-30(27)28/h2-18,31-32H,1,19-24H2,(H,36,43)(H2,44,45,46);2-18,31-32,41H,1,19-24H2,(H,36,44)/t2*31-,32+/m00/s1. The Hall–Kier alpha value is -10.2. The van der Waals surface area contributed by atoms with E-state index in [2.05, 4.69) is 28.3 Å². The van der Waals surface area contributed by atoms with Crippen molar-refractivity contribution in [2.24, 2.45) is 0 Å². The average molecular weight is 1260 g/mol. The summed E-state index contributed by atoms with van der Waals surface area (Å²) in [5, 5.41) is 26.4. The molecule has 0 unspecified atom stereocenters. The molecule has 4 atom stereocenters. The summed E-state index contributed by atoms with van der Waals surface area (Å²) < 4.78 is 16.0. The first kappa shape index (κ1) is 63.4. The number of phosphoric acid groups is 1. The molecule has 5 N–H and O–H groups in total. The van der Waals surface area contributed by atoms with E-state index in [1.807, 2.05) is 146 Å². The highest BCUT2D eigenvalue weighted by Crippen LogP contribution is 2.38. The molecule has 4 fully saturated rings. The normalized spacial score (nSPS) is 18.2. The van der Waals surface area contributed by atoms with Crippen LogP contribution in [0.1, 0.15) is 33.4 Å². The van der Waals surface area contributed by atoms with Crippen LogP contribution in [0.3, 0.4) is 0 Å². The minimum absolute atomic E-state index is 0.0254. The highest BCUT2D eigenvalue weighted by molar-refractivity contribution is 7.46. The van der Waals surface area contributed by atoms with Gasteiger partial charge in [0.15, 0.2) is 0 Å². The molecule has 0 aliphatic carbocycles. The lowest BCUT2D eigenvalue weighted by molar-refractivity contribution is -0.157. The minimum atomic E-state index is -4.75. The maximum atomic E-state index is 14.3. The molecule has 0 spiro atoms. The second-order valence-corrected chi connectivity index (χ2v) is 24.0. The zero-order valence-corrected chi connectivity index (χ0v) is 51.4. The average Bonchev–Trinajstić information content (AvgIpc) is 1.58. The number of hydrogen-bond acceptors (Lipinski definition) is 11. The number of hydrazine groups is 2. The van der Waals surface area contributed by atoms with Crippen LogP contribution in [0, 0.1) is 0 Å². The van der Waals surface area contributed by atoms with Gasteiger partial charge in [-0.25, -0.2) is 14.2 Å². The number of nitrogens with zero attached hydrogens (tertiary/aromatic N) is 8. The van der Waals surface area contributed by atoms with Crippen LogP contribution in [-0.2, 0) is 62.8 Å². The number of phenols is 1. The second kappa shape index (κ2) is 28.3. The molecule has 8 amide bonds. The molecule has 4 aliphatic rings. The summed E-state index contributed by atoms with van der Waals surface area (Å²) in [6.07, 6.45) is 2.44. The van der Waals surface area contributed by atoms with Crippen molar-refractivity contribution in [2.75, 3.05) is 39.3 Å². The van der Waals surface area contributed by atoms with Gasteiger partial charge in [0, 0.05) is 39.0 Å². The third-order valence-corrected chi connectivity index (χ3v) is 17.3. The Morgan fingerprint density at radius 3 is 1.33 bits per heavy atom. The molecular formula is C70H71N10O11P. The first-order chi connectivity index (χ1) is 44.5. The van der Waals surface area contributed by atoms with Gasteiger partial charge >= 0.3 is 19.9 Å². The van der Waals surface area contributed by atoms with E-state index in [0.29, 0.717) is 31.7 Å². The molecule has 472 valence electrons. The van der Waals surface area contributed by atoms with Gasteiger partial charge < -0.3 is 39.9 Å². The Bertz CT molecular complexity index is 4060. The lowest BCUT2D eigenvalue weighted by Crippen LogP contribution is -2.66. The molecule has 0 aromatic heterocycles. The number of nitrogens with one attached hydrogen (secondary N) is 2. The van der Waals surface area contributed by atoms with Crippen molar-refractivity contribution >= 4 is 65.1 Å². The number of urea groups is 2. The van der Waals surface area contributed by atoms with Crippen molar-refractivity contribution in [1.29, 1.82) is 0 Å². The first-order valence-electron chi connectivity index (χ1n) is 30.2. The lowest BCUT2D eigenvalue weighted by atomic mass is 9.99. The van der Waals surface area contributed by atoms with E-state index in [1.165, 1.54) is 22.2 Å². The maximum Gasteiger partial charge on any atom is 0.524 e. The number of amides is 8. The number of benzene rings is 8. The molecule has 4 heterocycles. The Morgan fingerprint density at radius 1 is 0.522 bits per heavy atom. The smallest absolute Gasteiger partial charge is 0.508 e. The summed E-state index contributed by atoms with van der Waals surface area (Å²) in [4.78, 5) is 108. The fourth-order valence-corrected chi connectivity index (χ4v) is 12.9. The van der Waals surface area contributed by atoms with E-state index in [1.54, 1.807) is 78.2 Å². The van der Waals surface area contributed by atoms with Crippen LogP contribution in [0.25, 0.3) is 21.5 Å². The number of piperazine rings is 2. The van der Waals surface area contributed by atoms with Crippen LogP contribution in [0.2, 0.25) is 0 Å². The molecule has 0 saturated carbocycles. The highest BCUT2D eigenvalue weighted by Gasteiger charge is 2.54.